The highest BCUT2D eigenvalue weighted by Crippen LogP contribution is 2.18. The van der Waals surface area contributed by atoms with Crippen molar-refractivity contribution in [3.05, 3.63) is 36.1 Å². The van der Waals surface area contributed by atoms with Gasteiger partial charge in [-0.1, -0.05) is 6.07 Å². The Morgan fingerprint density at radius 3 is 3.06 bits per heavy atom. The maximum atomic E-state index is 10.9. The number of carbonyl (C=O) groups excluding carboxylic acids is 1. The first-order valence-corrected chi connectivity index (χ1v) is 5.32. The fraction of sp³-hybridized carbons (Fsp3) is 0.308. The predicted molar refractivity (Wildman–Crippen MR) is 61.2 cm³/mol. The fourth-order valence-corrected chi connectivity index (χ4v) is 1.71. The molecule has 0 fully saturated rings. The highest BCUT2D eigenvalue weighted by atomic mass is 16.5. The van der Waals surface area contributed by atoms with Crippen LogP contribution in [0.2, 0.25) is 0 Å². The highest BCUT2D eigenvalue weighted by molar-refractivity contribution is 5.77. The van der Waals surface area contributed by atoms with Crippen LogP contribution in [0.1, 0.15) is 18.4 Å². The molecule has 0 aliphatic rings. The summed E-state index contributed by atoms with van der Waals surface area (Å²) >= 11 is 0. The van der Waals surface area contributed by atoms with Crippen LogP contribution in [-0.4, -0.2) is 13.1 Å². The van der Waals surface area contributed by atoms with Crippen molar-refractivity contribution in [1.29, 1.82) is 0 Å². The Balaban J connectivity index is 1.96. The topological polar surface area (TPSA) is 39.4 Å². The first-order chi connectivity index (χ1) is 7.79. The zero-order valence-corrected chi connectivity index (χ0v) is 9.23. The van der Waals surface area contributed by atoms with Gasteiger partial charge in [-0.05, 0) is 36.6 Å². The summed E-state index contributed by atoms with van der Waals surface area (Å²) in [6.45, 7) is 0. The summed E-state index contributed by atoms with van der Waals surface area (Å²) in [7, 11) is 1.42. The van der Waals surface area contributed by atoms with Gasteiger partial charge in [0.25, 0.3) is 0 Å². The zero-order chi connectivity index (χ0) is 11.4. The Morgan fingerprint density at radius 2 is 2.25 bits per heavy atom. The largest absolute Gasteiger partial charge is 0.469 e. The summed E-state index contributed by atoms with van der Waals surface area (Å²) in [6.07, 6.45) is 3.86. The van der Waals surface area contributed by atoms with E-state index in [4.69, 9.17) is 4.42 Å². The normalized spacial score (nSPS) is 10.6. The number of hydrogen-bond donors (Lipinski definition) is 0. The van der Waals surface area contributed by atoms with Crippen LogP contribution in [0.5, 0.6) is 0 Å². The molecule has 0 amide bonds. The van der Waals surface area contributed by atoms with Gasteiger partial charge in [-0.15, -0.1) is 0 Å². The van der Waals surface area contributed by atoms with Gasteiger partial charge < -0.3 is 9.15 Å². The number of carbonyl (C=O) groups is 1. The van der Waals surface area contributed by atoms with E-state index >= 15 is 0 Å². The number of furan rings is 1. The third kappa shape index (κ3) is 2.42. The minimum absolute atomic E-state index is 0.149. The number of fused-ring (bicyclic) bond motifs is 1. The molecule has 0 bridgehead atoms. The lowest BCUT2D eigenvalue weighted by molar-refractivity contribution is -0.140. The van der Waals surface area contributed by atoms with Crippen LogP contribution < -0.4 is 0 Å². The Morgan fingerprint density at radius 1 is 1.38 bits per heavy atom. The van der Waals surface area contributed by atoms with E-state index in [0.29, 0.717) is 6.42 Å². The van der Waals surface area contributed by atoms with Gasteiger partial charge in [0.2, 0.25) is 0 Å². The molecule has 0 radical (unpaired) electrons. The molecule has 0 atom stereocenters. The number of aryl methyl sites for hydroxylation is 1. The van der Waals surface area contributed by atoms with E-state index in [1.807, 2.05) is 18.2 Å². The van der Waals surface area contributed by atoms with Gasteiger partial charge in [0, 0.05) is 11.8 Å². The molecule has 0 aliphatic heterocycles. The molecular formula is C13H14O3. The van der Waals surface area contributed by atoms with E-state index < -0.39 is 0 Å². The maximum Gasteiger partial charge on any atom is 0.305 e. The van der Waals surface area contributed by atoms with E-state index in [-0.39, 0.29) is 5.97 Å². The number of hydrogen-bond acceptors (Lipinski definition) is 3. The SMILES string of the molecule is COC(=O)CCCc1ccc2occc2c1. The summed E-state index contributed by atoms with van der Waals surface area (Å²) in [4.78, 5) is 10.9. The summed E-state index contributed by atoms with van der Waals surface area (Å²) in [6, 6.07) is 8.03. The first kappa shape index (κ1) is 10.7. The lowest BCUT2D eigenvalue weighted by Gasteiger charge is -2.01. The van der Waals surface area contributed by atoms with Crippen LogP contribution in [0.3, 0.4) is 0 Å². The third-order valence-electron chi connectivity index (χ3n) is 2.59. The summed E-state index contributed by atoms with van der Waals surface area (Å²) in [5.74, 6) is -0.149. The molecule has 16 heavy (non-hydrogen) atoms. The fourth-order valence-electron chi connectivity index (χ4n) is 1.71. The van der Waals surface area contributed by atoms with Crippen molar-refractivity contribution in [3.8, 4) is 0 Å². The number of rotatable bonds is 4. The molecule has 3 heteroatoms. The number of ether oxygens (including phenoxy) is 1. The lowest BCUT2D eigenvalue weighted by atomic mass is 10.1. The van der Waals surface area contributed by atoms with Gasteiger partial charge >= 0.3 is 5.97 Å². The summed E-state index contributed by atoms with van der Waals surface area (Å²) < 4.78 is 9.85. The van der Waals surface area contributed by atoms with E-state index in [1.165, 1.54) is 12.7 Å². The molecule has 1 heterocycles. The van der Waals surface area contributed by atoms with E-state index in [9.17, 15) is 4.79 Å². The smallest absolute Gasteiger partial charge is 0.305 e. The van der Waals surface area contributed by atoms with Crippen LogP contribution in [0, 0.1) is 0 Å². The van der Waals surface area contributed by atoms with Crippen molar-refractivity contribution in [2.45, 2.75) is 19.3 Å². The molecule has 2 rings (SSSR count). The highest BCUT2D eigenvalue weighted by Gasteiger charge is 2.02. The summed E-state index contributed by atoms with van der Waals surface area (Å²) in [5.41, 5.74) is 2.12. The van der Waals surface area contributed by atoms with Crippen LogP contribution in [0.4, 0.5) is 0 Å². The predicted octanol–water partition coefficient (Wildman–Crippen LogP) is 2.93. The molecule has 0 unspecified atom stereocenters. The van der Waals surface area contributed by atoms with Crippen LogP contribution in [0.15, 0.2) is 34.9 Å². The van der Waals surface area contributed by atoms with Gasteiger partial charge in [-0.2, -0.15) is 0 Å². The van der Waals surface area contributed by atoms with Crippen molar-refractivity contribution in [2.75, 3.05) is 7.11 Å². The molecule has 0 saturated carbocycles. The van der Waals surface area contributed by atoms with Gasteiger partial charge in [-0.3, -0.25) is 4.79 Å². The lowest BCUT2D eigenvalue weighted by Crippen LogP contribution is -2.00. The standard InChI is InChI=1S/C13H14O3/c1-15-13(14)4-2-3-10-5-6-12-11(9-10)7-8-16-12/h5-9H,2-4H2,1H3. The van der Waals surface area contributed by atoms with E-state index in [1.54, 1.807) is 6.26 Å². The van der Waals surface area contributed by atoms with Gasteiger partial charge in [-0.25, -0.2) is 0 Å². The van der Waals surface area contributed by atoms with Crippen molar-refractivity contribution < 1.29 is 13.9 Å². The van der Waals surface area contributed by atoms with E-state index in [0.717, 1.165) is 23.8 Å². The Labute approximate surface area is 94.0 Å². The van der Waals surface area contributed by atoms with Crippen LogP contribution in [-0.2, 0) is 16.0 Å². The molecule has 0 N–H and O–H groups in total. The third-order valence-corrected chi connectivity index (χ3v) is 2.59. The molecule has 1 aromatic heterocycles. The second kappa shape index (κ2) is 4.84. The van der Waals surface area contributed by atoms with Crippen molar-refractivity contribution >= 4 is 16.9 Å². The van der Waals surface area contributed by atoms with Gasteiger partial charge in [0.1, 0.15) is 5.58 Å². The Hall–Kier alpha value is -1.77. The average molecular weight is 218 g/mol. The molecule has 84 valence electrons. The number of methoxy groups -OCH3 is 1. The van der Waals surface area contributed by atoms with Crippen LogP contribution in [0.25, 0.3) is 11.0 Å². The number of benzene rings is 1. The quantitative estimate of drug-likeness (QED) is 0.741. The van der Waals surface area contributed by atoms with Crippen LogP contribution >= 0.6 is 0 Å². The molecule has 2 aromatic rings. The second-order valence-electron chi connectivity index (χ2n) is 3.72. The van der Waals surface area contributed by atoms with Crippen molar-refractivity contribution in [2.24, 2.45) is 0 Å². The molecule has 0 aliphatic carbocycles. The van der Waals surface area contributed by atoms with Crippen molar-refractivity contribution in [3.63, 3.8) is 0 Å². The monoisotopic (exact) mass is 218 g/mol. The minimum atomic E-state index is -0.149. The first-order valence-electron chi connectivity index (χ1n) is 5.32. The Kier molecular flexibility index (Phi) is 3.25. The Bertz CT molecular complexity index is 485. The number of esters is 1. The minimum Gasteiger partial charge on any atom is -0.469 e. The van der Waals surface area contributed by atoms with E-state index in [2.05, 4.69) is 10.8 Å². The molecule has 3 nitrogen and oxygen atoms in total. The zero-order valence-electron chi connectivity index (χ0n) is 9.23. The molecular weight excluding hydrogens is 204 g/mol. The van der Waals surface area contributed by atoms with Crippen molar-refractivity contribution in [1.82, 2.24) is 0 Å². The molecule has 0 spiro atoms. The second-order valence-corrected chi connectivity index (χ2v) is 3.72. The average Bonchev–Trinajstić information content (AvgIpc) is 2.76. The van der Waals surface area contributed by atoms with Gasteiger partial charge in [0.15, 0.2) is 0 Å². The maximum absolute atomic E-state index is 10.9. The molecule has 1 aromatic carbocycles. The summed E-state index contributed by atoms with van der Waals surface area (Å²) in [5, 5.41) is 1.11. The van der Waals surface area contributed by atoms with Gasteiger partial charge in [0.05, 0.1) is 13.4 Å². The molecule has 0 saturated heterocycles.